The van der Waals surface area contributed by atoms with Crippen LogP contribution in [0.3, 0.4) is 0 Å². The molecule has 0 amide bonds. The first-order valence-electron chi connectivity index (χ1n) is 8.56. The SMILES string of the molecule is CCC(=O)OC(C)OC(=O)CCCCCC(=O)OC(C)OC(=O)CC. The number of unbranched alkanes of at least 4 members (excludes halogenated alkanes) is 2. The zero-order chi connectivity index (χ0) is 19.2. The minimum Gasteiger partial charge on any atom is -0.425 e. The monoisotopic (exact) mass is 360 g/mol. The first-order chi connectivity index (χ1) is 11.8. The molecule has 0 aliphatic heterocycles. The summed E-state index contributed by atoms with van der Waals surface area (Å²) in [5.41, 5.74) is 0. The summed E-state index contributed by atoms with van der Waals surface area (Å²) in [4.78, 5) is 45.2. The Hall–Kier alpha value is -2.12. The van der Waals surface area contributed by atoms with Crippen LogP contribution in [-0.4, -0.2) is 36.5 Å². The van der Waals surface area contributed by atoms with Gasteiger partial charge >= 0.3 is 23.9 Å². The predicted octanol–water partition coefficient (Wildman–Crippen LogP) is 2.62. The molecular weight excluding hydrogens is 332 g/mol. The van der Waals surface area contributed by atoms with Crippen LogP contribution < -0.4 is 0 Å². The molecule has 0 N–H and O–H groups in total. The molecule has 2 unspecified atom stereocenters. The third kappa shape index (κ3) is 12.9. The van der Waals surface area contributed by atoms with Crippen LogP contribution in [0.5, 0.6) is 0 Å². The molecule has 0 spiro atoms. The molecule has 0 rings (SSSR count). The van der Waals surface area contributed by atoms with Gasteiger partial charge in [0, 0.05) is 39.5 Å². The van der Waals surface area contributed by atoms with Gasteiger partial charge in [-0.25, -0.2) is 0 Å². The summed E-state index contributed by atoms with van der Waals surface area (Å²) >= 11 is 0. The van der Waals surface area contributed by atoms with Crippen LogP contribution in [0.4, 0.5) is 0 Å². The molecule has 0 aromatic carbocycles. The maximum atomic E-state index is 11.5. The lowest BCUT2D eigenvalue weighted by Crippen LogP contribution is -2.21. The van der Waals surface area contributed by atoms with Crippen molar-refractivity contribution in [3.8, 4) is 0 Å². The van der Waals surface area contributed by atoms with Crippen LogP contribution in [0.2, 0.25) is 0 Å². The van der Waals surface area contributed by atoms with Crippen molar-refractivity contribution in [1.29, 1.82) is 0 Å². The van der Waals surface area contributed by atoms with E-state index in [-0.39, 0.29) is 25.7 Å². The minimum atomic E-state index is -0.901. The van der Waals surface area contributed by atoms with Gasteiger partial charge in [0.2, 0.25) is 12.6 Å². The summed E-state index contributed by atoms with van der Waals surface area (Å²) in [6, 6.07) is 0. The number of carbonyl (C=O) groups is 4. The van der Waals surface area contributed by atoms with Crippen LogP contribution in [-0.2, 0) is 38.1 Å². The molecule has 0 saturated carbocycles. The molecule has 0 aliphatic carbocycles. The third-order valence-corrected chi connectivity index (χ3v) is 3.03. The van der Waals surface area contributed by atoms with E-state index in [2.05, 4.69) is 0 Å². The molecule has 0 heterocycles. The fourth-order valence-corrected chi connectivity index (χ4v) is 1.79. The van der Waals surface area contributed by atoms with Crippen molar-refractivity contribution in [2.45, 2.75) is 85.2 Å². The van der Waals surface area contributed by atoms with Crippen LogP contribution in [0.25, 0.3) is 0 Å². The Morgan fingerprint density at radius 1 is 0.600 bits per heavy atom. The second kappa shape index (κ2) is 13.2. The van der Waals surface area contributed by atoms with Crippen molar-refractivity contribution in [2.75, 3.05) is 0 Å². The Balaban J connectivity index is 3.74. The van der Waals surface area contributed by atoms with E-state index in [9.17, 15) is 19.2 Å². The molecule has 0 radical (unpaired) electrons. The van der Waals surface area contributed by atoms with Crippen molar-refractivity contribution in [3.05, 3.63) is 0 Å². The van der Waals surface area contributed by atoms with E-state index in [0.29, 0.717) is 19.3 Å². The molecule has 25 heavy (non-hydrogen) atoms. The summed E-state index contributed by atoms with van der Waals surface area (Å²) in [5.74, 6) is -1.78. The second-order valence-corrected chi connectivity index (χ2v) is 5.36. The maximum absolute atomic E-state index is 11.5. The van der Waals surface area contributed by atoms with Gasteiger partial charge in [-0.2, -0.15) is 0 Å². The Kier molecular flexibility index (Phi) is 12.1. The number of carbonyl (C=O) groups excluding carboxylic acids is 4. The predicted molar refractivity (Wildman–Crippen MR) is 87.0 cm³/mol. The molecule has 0 bridgehead atoms. The van der Waals surface area contributed by atoms with Gasteiger partial charge in [-0.15, -0.1) is 0 Å². The van der Waals surface area contributed by atoms with Crippen molar-refractivity contribution in [3.63, 3.8) is 0 Å². The molecule has 0 saturated heterocycles. The van der Waals surface area contributed by atoms with E-state index in [1.807, 2.05) is 0 Å². The van der Waals surface area contributed by atoms with Gasteiger partial charge in [-0.1, -0.05) is 20.3 Å². The van der Waals surface area contributed by atoms with Gasteiger partial charge in [0.1, 0.15) is 0 Å². The zero-order valence-corrected chi connectivity index (χ0v) is 15.4. The first-order valence-corrected chi connectivity index (χ1v) is 8.56. The quantitative estimate of drug-likeness (QED) is 0.297. The highest BCUT2D eigenvalue weighted by Crippen LogP contribution is 2.08. The van der Waals surface area contributed by atoms with Crippen LogP contribution in [0.1, 0.15) is 72.6 Å². The van der Waals surface area contributed by atoms with Gasteiger partial charge in [0.25, 0.3) is 0 Å². The third-order valence-electron chi connectivity index (χ3n) is 3.03. The largest absolute Gasteiger partial charge is 0.425 e. The van der Waals surface area contributed by atoms with Gasteiger partial charge in [-0.05, 0) is 12.8 Å². The van der Waals surface area contributed by atoms with E-state index >= 15 is 0 Å². The Bertz CT molecular complexity index is 406. The summed E-state index contributed by atoms with van der Waals surface area (Å²) in [6.45, 7) is 6.26. The van der Waals surface area contributed by atoms with Gasteiger partial charge in [0.05, 0.1) is 0 Å². The highest BCUT2D eigenvalue weighted by Gasteiger charge is 2.14. The Morgan fingerprint density at radius 3 is 1.24 bits per heavy atom. The van der Waals surface area contributed by atoms with E-state index in [1.165, 1.54) is 13.8 Å². The molecule has 2 atom stereocenters. The first kappa shape index (κ1) is 22.9. The average molecular weight is 360 g/mol. The second-order valence-electron chi connectivity index (χ2n) is 5.36. The highest BCUT2D eigenvalue weighted by atomic mass is 16.7. The lowest BCUT2D eigenvalue weighted by Gasteiger charge is -2.14. The Morgan fingerprint density at radius 2 is 0.920 bits per heavy atom. The molecule has 8 nitrogen and oxygen atoms in total. The fraction of sp³-hybridized carbons (Fsp3) is 0.765. The maximum Gasteiger partial charge on any atom is 0.308 e. The molecule has 0 aliphatic rings. The Labute approximate surface area is 148 Å². The standard InChI is InChI=1S/C17H28O8/c1-5-14(18)22-12(3)24-16(20)10-8-7-9-11-17(21)25-13(4)23-15(19)6-2/h12-13H,5-11H2,1-4H3. The minimum absolute atomic E-state index is 0.174. The average Bonchev–Trinajstić information content (AvgIpc) is 2.53. The lowest BCUT2D eigenvalue weighted by atomic mass is 10.1. The van der Waals surface area contributed by atoms with E-state index in [0.717, 1.165) is 0 Å². The number of hydrogen-bond donors (Lipinski definition) is 0. The van der Waals surface area contributed by atoms with Crippen molar-refractivity contribution < 1.29 is 38.1 Å². The van der Waals surface area contributed by atoms with E-state index in [1.54, 1.807) is 13.8 Å². The van der Waals surface area contributed by atoms with Gasteiger partial charge < -0.3 is 18.9 Å². The summed E-state index contributed by atoms with van der Waals surface area (Å²) in [7, 11) is 0. The van der Waals surface area contributed by atoms with E-state index in [4.69, 9.17) is 18.9 Å². The number of ether oxygens (including phenoxy) is 4. The lowest BCUT2D eigenvalue weighted by molar-refractivity contribution is -0.185. The van der Waals surface area contributed by atoms with Crippen LogP contribution >= 0.6 is 0 Å². The molecule has 8 heteroatoms. The topological polar surface area (TPSA) is 105 Å². The highest BCUT2D eigenvalue weighted by molar-refractivity contribution is 5.72. The summed E-state index contributed by atoms with van der Waals surface area (Å²) in [6.07, 6.45) is 0.701. The number of hydrogen-bond acceptors (Lipinski definition) is 8. The van der Waals surface area contributed by atoms with Crippen LogP contribution in [0, 0.1) is 0 Å². The molecular formula is C17H28O8. The van der Waals surface area contributed by atoms with E-state index < -0.39 is 36.5 Å². The molecule has 0 aromatic rings. The van der Waals surface area contributed by atoms with Crippen molar-refractivity contribution in [2.24, 2.45) is 0 Å². The number of rotatable bonds is 12. The van der Waals surface area contributed by atoms with Gasteiger partial charge in [-0.3, -0.25) is 19.2 Å². The van der Waals surface area contributed by atoms with Crippen LogP contribution in [0.15, 0.2) is 0 Å². The normalized spacial score (nSPS) is 12.6. The molecule has 144 valence electrons. The molecule has 0 fully saturated rings. The van der Waals surface area contributed by atoms with Crippen molar-refractivity contribution >= 4 is 23.9 Å². The fourth-order valence-electron chi connectivity index (χ4n) is 1.79. The molecule has 0 aromatic heterocycles. The summed E-state index contributed by atoms with van der Waals surface area (Å²) in [5, 5.41) is 0. The number of esters is 4. The summed E-state index contributed by atoms with van der Waals surface area (Å²) < 4.78 is 19.5. The zero-order valence-electron chi connectivity index (χ0n) is 15.4. The smallest absolute Gasteiger partial charge is 0.308 e. The van der Waals surface area contributed by atoms with Gasteiger partial charge in [0.15, 0.2) is 0 Å². The van der Waals surface area contributed by atoms with Crippen molar-refractivity contribution in [1.82, 2.24) is 0 Å².